The monoisotopic (exact) mass is 639 g/mol. The summed E-state index contributed by atoms with van der Waals surface area (Å²) in [6.07, 6.45) is 15.4. The quantitative estimate of drug-likeness (QED) is 0.249. The van der Waals surface area contributed by atoms with Crippen LogP contribution in [0.15, 0.2) is 42.7 Å². The number of nitrogens with one attached hydrogen (secondary N) is 1. The van der Waals surface area contributed by atoms with Gasteiger partial charge in [0.05, 0.1) is 23.9 Å². The predicted molar refractivity (Wildman–Crippen MR) is 186 cm³/mol. The number of carbonyl (C=O) groups is 1. The maximum Gasteiger partial charge on any atom is 0.306 e. The van der Waals surface area contributed by atoms with Crippen LogP contribution in [0.25, 0.3) is 0 Å². The first-order valence-electron chi connectivity index (χ1n) is 18.1. The van der Waals surface area contributed by atoms with Crippen LogP contribution in [0.3, 0.4) is 0 Å². The Balaban J connectivity index is 1.23. The summed E-state index contributed by atoms with van der Waals surface area (Å²) >= 11 is 0. The molecule has 252 valence electrons. The van der Waals surface area contributed by atoms with Gasteiger partial charge in [0.15, 0.2) is 0 Å². The molecule has 3 aliphatic carbocycles. The first-order chi connectivity index (χ1) is 22.7. The summed E-state index contributed by atoms with van der Waals surface area (Å²) in [7, 11) is 4.15. The standard InChI is InChI=1S/C38H53N7O2/c1-5-34(26-12-14-27(15-13-26)36(46)47)44(4)37-41-32-17-18-38(2,29-9-7-6-8-10-29)20-31(32)35(42-37)40-33(28-21-39-43(3)23-28)24-45-22-25-11-16-30(45)19-25/h6-10,21,23,25-27,30,33-34H,5,11-20,22,24H2,1-4H3,(H,46,47)(H,40,41,42)/t25-,26?,27?,30-,33+,34-,38-/m1/s1. The smallest absolute Gasteiger partial charge is 0.306 e. The molecule has 5 atom stereocenters. The van der Waals surface area contributed by atoms with Gasteiger partial charge in [-0.15, -0.1) is 0 Å². The Bertz CT molecular complexity index is 1550. The van der Waals surface area contributed by atoms with Crippen molar-refractivity contribution >= 4 is 17.7 Å². The average Bonchev–Trinajstić information content (AvgIpc) is 3.83. The van der Waals surface area contributed by atoms with Gasteiger partial charge < -0.3 is 15.3 Å². The normalized spacial score (nSPS) is 28.5. The largest absolute Gasteiger partial charge is 0.481 e. The predicted octanol–water partition coefficient (Wildman–Crippen LogP) is 6.40. The summed E-state index contributed by atoms with van der Waals surface area (Å²) in [5.74, 6) is 2.16. The number of piperidine rings is 1. The van der Waals surface area contributed by atoms with Crippen molar-refractivity contribution in [3.63, 3.8) is 0 Å². The van der Waals surface area contributed by atoms with Gasteiger partial charge >= 0.3 is 5.97 Å². The van der Waals surface area contributed by atoms with Gasteiger partial charge in [-0.05, 0) is 93.4 Å². The molecule has 1 saturated heterocycles. The molecule has 0 spiro atoms. The molecule has 4 aliphatic rings. The Labute approximate surface area is 280 Å². The minimum Gasteiger partial charge on any atom is -0.481 e. The third-order valence-electron chi connectivity index (χ3n) is 12.3. The highest BCUT2D eigenvalue weighted by atomic mass is 16.4. The van der Waals surface area contributed by atoms with E-state index in [2.05, 4.69) is 77.6 Å². The second-order valence-corrected chi connectivity index (χ2v) is 15.4. The van der Waals surface area contributed by atoms with Crippen LogP contribution in [-0.4, -0.2) is 67.9 Å². The van der Waals surface area contributed by atoms with E-state index in [4.69, 9.17) is 9.97 Å². The maximum absolute atomic E-state index is 11.7. The second kappa shape index (κ2) is 13.2. The summed E-state index contributed by atoms with van der Waals surface area (Å²) < 4.78 is 1.91. The summed E-state index contributed by atoms with van der Waals surface area (Å²) in [6, 6.07) is 12.0. The summed E-state index contributed by atoms with van der Waals surface area (Å²) in [4.78, 5) is 27.4. The number of likely N-dealkylation sites (tertiary alicyclic amines) is 1. The number of carboxylic acids is 1. The molecule has 2 bridgehead atoms. The van der Waals surface area contributed by atoms with Crippen molar-refractivity contribution < 1.29 is 9.90 Å². The fraction of sp³-hybridized carbons (Fsp3) is 0.632. The minimum absolute atomic E-state index is 0.00804. The van der Waals surface area contributed by atoms with E-state index in [-0.39, 0.29) is 23.4 Å². The number of hydrogen-bond acceptors (Lipinski definition) is 7. The van der Waals surface area contributed by atoms with E-state index in [1.54, 1.807) is 0 Å². The molecule has 3 heterocycles. The summed E-state index contributed by atoms with van der Waals surface area (Å²) in [6.45, 7) is 6.77. The van der Waals surface area contributed by atoms with Gasteiger partial charge in [-0.3, -0.25) is 14.4 Å². The van der Waals surface area contributed by atoms with Crippen LogP contribution in [0.5, 0.6) is 0 Å². The molecule has 7 rings (SSSR count). The number of aliphatic carboxylic acids is 1. The number of anilines is 2. The number of aryl methyl sites for hydroxylation is 2. The third kappa shape index (κ3) is 6.52. The zero-order valence-electron chi connectivity index (χ0n) is 28.7. The minimum atomic E-state index is -0.647. The van der Waals surface area contributed by atoms with E-state index < -0.39 is 5.97 Å². The van der Waals surface area contributed by atoms with E-state index in [0.29, 0.717) is 12.0 Å². The van der Waals surface area contributed by atoms with E-state index in [1.807, 2.05) is 17.9 Å². The Morgan fingerprint density at radius 1 is 1.13 bits per heavy atom. The first-order valence-corrected chi connectivity index (χ1v) is 18.1. The Kier molecular flexibility index (Phi) is 9.02. The fourth-order valence-corrected chi connectivity index (χ4v) is 9.47. The summed E-state index contributed by atoms with van der Waals surface area (Å²) in [5.41, 5.74) is 4.98. The molecule has 1 aromatic carbocycles. The molecule has 0 amide bonds. The van der Waals surface area contributed by atoms with Crippen molar-refractivity contribution in [1.82, 2.24) is 24.6 Å². The molecule has 0 radical (unpaired) electrons. The van der Waals surface area contributed by atoms with Crippen molar-refractivity contribution in [3.05, 3.63) is 65.1 Å². The van der Waals surface area contributed by atoms with Crippen LogP contribution in [0.2, 0.25) is 0 Å². The molecule has 0 unspecified atom stereocenters. The van der Waals surface area contributed by atoms with Crippen molar-refractivity contribution in [2.45, 2.75) is 108 Å². The molecule has 2 N–H and O–H groups in total. The molecule has 3 fully saturated rings. The van der Waals surface area contributed by atoms with E-state index >= 15 is 0 Å². The highest BCUT2D eigenvalue weighted by Gasteiger charge is 2.40. The van der Waals surface area contributed by atoms with E-state index in [1.165, 1.54) is 42.5 Å². The van der Waals surface area contributed by atoms with Gasteiger partial charge in [0.2, 0.25) is 5.95 Å². The van der Waals surface area contributed by atoms with Gasteiger partial charge in [-0.2, -0.15) is 10.1 Å². The van der Waals surface area contributed by atoms with Gasteiger partial charge in [-0.25, -0.2) is 4.98 Å². The third-order valence-corrected chi connectivity index (χ3v) is 12.3. The first kappa shape index (κ1) is 32.1. The van der Waals surface area contributed by atoms with Gasteiger partial charge in [0.25, 0.3) is 0 Å². The van der Waals surface area contributed by atoms with Gasteiger partial charge in [-0.1, -0.05) is 44.2 Å². The molecular weight excluding hydrogens is 586 g/mol. The highest BCUT2D eigenvalue weighted by molar-refractivity contribution is 5.70. The van der Waals surface area contributed by atoms with Crippen LogP contribution in [0.1, 0.15) is 100 Å². The topological polar surface area (TPSA) is 99.4 Å². The number of fused-ring (bicyclic) bond motifs is 3. The van der Waals surface area contributed by atoms with Crippen LogP contribution in [0, 0.1) is 17.8 Å². The lowest BCUT2D eigenvalue weighted by Crippen LogP contribution is -2.41. The van der Waals surface area contributed by atoms with Crippen molar-refractivity contribution in [3.8, 4) is 0 Å². The Hall–Kier alpha value is -3.46. The number of benzene rings is 1. The molecule has 9 nitrogen and oxygen atoms in total. The van der Waals surface area contributed by atoms with Crippen molar-refractivity contribution in [2.24, 2.45) is 24.8 Å². The number of nitrogens with zero attached hydrogens (tertiary/aromatic N) is 6. The van der Waals surface area contributed by atoms with Crippen molar-refractivity contribution in [2.75, 3.05) is 30.4 Å². The fourth-order valence-electron chi connectivity index (χ4n) is 9.47. The molecule has 47 heavy (non-hydrogen) atoms. The zero-order valence-corrected chi connectivity index (χ0v) is 28.7. The highest BCUT2D eigenvalue weighted by Crippen LogP contribution is 2.43. The Morgan fingerprint density at radius 3 is 2.55 bits per heavy atom. The second-order valence-electron chi connectivity index (χ2n) is 15.4. The lowest BCUT2D eigenvalue weighted by Gasteiger charge is -2.39. The van der Waals surface area contributed by atoms with Crippen LogP contribution >= 0.6 is 0 Å². The Morgan fingerprint density at radius 2 is 1.91 bits per heavy atom. The number of rotatable bonds is 11. The molecule has 9 heteroatoms. The lowest BCUT2D eigenvalue weighted by molar-refractivity contribution is -0.143. The zero-order chi connectivity index (χ0) is 32.7. The molecular formula is C38H53N7O2. The maximum atomic E-state index is 11.7. The van der Waals surface area contributed by atoms with Gasteiger partial charge in [0, 0.05) is 56.6 Å². The average molecular weight is 640 g/mol. The number of hydrogen-bond donors (Lipinski definition) is 2. The van der Waals surface area contributed by atoms with Crippen LogP contribution in [0.4, 0.5) is 11.8 Å². The summed E-state index contributed by atoms with van der Waals surface area (Å²) in [5, 5.41) is 18.2. The molecule has 2 aromatic heterocycles. The van der Waals surface area contributed by atoms with Crippen LogP contribution < -0.4 is 10.2 Å². The van der Waals surface area contributed by atoms with Crippen LogP contribution in [-0.2, 0) is 30.1 Å². The number of carboxylic acid groups (broad SMARTS) is 1. The van der Waals surface area contributed by atoms with Gasteiger partial charge in [0.1, 0.15) is 5.82 Å². The molecule has 3 aromatic rings. The van der Waals surface area contributed by atoms with E-state index in [0.717, 1.165) is 81.3 Å². The number of aromatic nitrogens is 4. The SMILES string of the molecule is CC[C@H](C1CCC(C(=O)O)CC1)N(C)c1nc2c(c(N[C@@H](CN3C[C@@H]4CC[C@@H]3C4)c3cnn(C)c3)n1)C[C@](C)(c1ccccc1)CC2. The molecule has 2 saturated carbocycles. The lowest BCUT2D eigenvalue weighted by atomic mass is 9.70. The molecule has 1 aliphatic heterocycles. The van der Waals surface area contributed by atoms with E-state index in [9.17, 15) is 9.90 Å². The van der Waals surface area contributed by atoms with Crippen molar-refractivity contribution in [1.29, 1.82) is 0 Å².